The van der Waals surface area contributed by atoms with Gasteiger partial charge in [0.25, 0.3) is 0 Å². The summed E-state index contributed by atoms with van der Waals surface area (Å²) < 4.78 is 5.35. The van der Waals surface area contributed by atoms with Gasteiger partial charge in [-0.25, -0.2) is 0 Å². The van der Waals surface area contributed by atoms with E-state index in [4.69, 9.17) is 4.74 Å². The summed E-state index contributed by atoms with van der Waals surface area (Å²) in [5.41, 5.74) is -0.810. The number of nitrogens with zero attached hydrogens (tertiary/aromatic N) is 2. The van der Waals surface area contributed by atoms with Crippen LogP contribution in [-0.2, 0) is 4.74 Å². The Morgan fingerprint density at radius 3 is 3.10 bits per heavy atom. The molecule has 10 heteroatoms. The minimum atomic E-state index is -0.810. The van der Waals surface area contributed by atoms with Crippen LogP contribution in [0.4, 0.5) is 0 Å². The van der Waals surface area contributed by atoms with E-state index in [0.717, 1.165) is 23.9 Å². The largest absolute Gasteiger partial charge is 0.385 e. The van der Waals surface area contributed by atoms with Crippen molar-refractivity contribution in [2.75, 3.05) is 45.1 Å². The molecule has 1 saturated heterocycles. The fourth-order valence-electron chi connectivity index (χ4n) is 1.70. The molecule has 7 nitrogen and oxygen atoms in total. The molecule has 2 rings (SSSR count). The van der Waals surface area contributed by atoms with Gasteiger partial charge in [0.2, 0.25) is 0 Å². The molecule has 1 aromatic rings. The fourth-order valence-corrected chi connectivity index (χ4v) is 2.39. The van der Waals surface area contributed by atoms with Crippen molar-refractivity contribution in [1.29, 1.82) is 0 Å². The van der Waals surface area contributed by atoms with E-state index in [1.165, 1.54) is 0 Å². The maximum Gasteiger partial charge on any atom is 0.138 e. The Balaban J connectivity index is 0.00000180. The zero-order valence-corrected chi connectivity index (χ0v) is 13.5. The molecule has 4 N–H and O–H groups in total. The molecule has 1 aliphatic heterocycles. The van der Waals surface area contributed by atoms with E-state index in [0.29, 0.717) is 26.3 Å². The molecular weight excluding hydrogens is 325 g/mol. The zero-order chi connectivity index (χ0) is 12.7. The average Bonchev–Trinajstić information content (AvgIpc) is 2.78. The van der Waals surface area contributed by atoms with Gasteiger partial charge < -0.3 is 20.5 Å². The molecule has 1 unspecified atom stereocenters. The Labute approximate surface area is 134 Å². The van der Waals surface area contributed by atoms with Gasteiger partial charge in [-0.05, 0) is 0 Å². The molecule has 1 aliphatic rings. The van der Waals surface area contributed by atoms with Gasteiger partial charge in [0, 0.05) is 31.9 Å². The number of H-pyrrole nitrogens is 1. The number of rotatable bonds is 6. The standard InChI is InChI=1S/C10H19N5O2S.2ClH/c16-10(6-11-1-3-17-8-10)7-12-2-4-18-9-5-13-15-14-9;;/h5,11-12,16H,1-4,6-8H2,(H,13,14,15);2*1H. The van der Waals surface area contributed by atoms with Crippen LogP contribution in [0.25, 0.3) is 0 Å². The molecule has 2 heterocycles. The van der Waals surface area contributed by atoms with Crippen LogP contribution < -0.4 is 10.6 Å². The topological polar surface area (TPSA) is 95.1 Å². The molecule has 0 spiro atoms. The van der Waals surface area contributed by atoms with Crippen LogP contribution in [0.5, 0.6) is 0 Å². The second kappa shape index (κ2) is 10.6. The third kappa shape index (κ3) is 7.07. The highest BCUT2D eigenvalue weighted by Crippen LogP contribution is 2.11. The van der Waals surface area contributed by atoms with Crippen LogP contribution in [0.2, 0.25) is 0 Å². The van der Waals surface area contributed by atoms with Crippen molar-refractivity contribution in [1.82, 2.24) is 26.0 Å². The van der Waals surface area contributed by atoms with Crippen LogP contribution in [0, 0.1) is 0 Å². The minimum Gasteiger partial charge on any atom is -0.385 e. The molecule has 0 aromatic carbocycles. The highest BCUT2D eigenvalue weighted by molar-refractivity contribution is 7.99. The minimum absolute atomic E-state index is 0. The number of β-amino-alcohol motifs (C(OH)–C–C–N with tert-alkyl or cyclic N) is 1. The number of thioether (sulfide) groups is 1. The average molecular weight is 346 g/mol. The molecule has 0 amide bonds. The summed E-state index contributed by atoms with van der Waals surface area (Å²) in [6, 6.07) is 0. The van der Waals surface area contributed by atoms with Crippen LogP contribution in [0.1, 0.15) is 0 Å². The molecule has 1 atom stereocenters. The second-order valence-electron chi connectivity index (χ2n) is 4.29. The van der Waals surface area contributed by atoms with Crippen molar-refractivity contribution in [2.24, 2.45) is 0 Å². The fraction of sp³-hybridized carbons (Fsp3) is 0.800. The molecule has 0 radical (unpaired) electrons. The van der Waals surface area contributed by atoms with Crippen molar-refractivity contribution >= 4 is 36.6 Å². The van der Waals surface area contributed by atoms with Crippen molar-refractivity contribution < 1.29 is 9.84 Å². The summed E-state index contributed by atoms with van der Waals surface area (Å²) >= 11 is 1.62. The van der Waals surface area contributed by atoms with Crippen molar-refractivity contribution in [3.05, 3.63) is 6.20 Å². The van der Waals surface area contributed by atoms with Crippen molar-refractivity contribution in [3.63, 3.8) is 0 Å². The van der Waals surface area contributed by atoms with Crippen molar-refractivity contribution in [2.45, 2.75) is 10.6 Å². The molecule has 1 fully saturated rings. The maximum absolute atomic E-state index is 10.3. The Bertz CT molecular complexity index is 336. The van der Waals surface area contributed by atoms with Gasteiger partial charge in [0.15, 0.2) is 0 Å². The number of halogens is 2. The number of aliphatic hydroxyl groups is 1. The number of aromatic amines is 1. The third-order valence-electron chi connectivity index (χ3n) is 2.62. The normalized spacial score (nSPS) is 22.4. The number of ether oxygens (including phenoxy) is 1. The monoisotopic (exact) mass is 345 g/mol. The van der Waals surface area contributed by atoms with E-state index in [9.17, 15) is 5.11 Å². The first-order valence-corrected chi connectivity index (χ1v) is 6.97. The highest BCUT2D eigenvalue weighted by Gasteiger charge is 2.28. The lowest BCUT2D eigenvalue weighted by atomic mass is 10.1. The van der Waals surface area contributed by atoms with Gasteiger partial charge in [0.05, 0.1) is 19.4 Å². The quantitative estimate of drug-likeness (QED) is 0.414. The number of hydrogen-bond donors (Lipinski definition) is 4. The van der Waals surface area contributed by atoms with Crippen LogP contribution in [0.15, 0.2) is 11.2 Å². The number of aromatic nitrogens is 3. The SMILES string of the molecule is Cl.Cl.OC1(CNCCSc2cn[nH]n2)CNCCOC1. The van der Waals surface area contributed by atoms with Gasteiger partial charge in [-0.1, -0.05) is 0 Å². The molecule has 0 bridgehead atoms. The zero-order valence-electron chi connectivity index (χ0n) is 11.0. The molecule has 20 heavy (non-hydrogen) atoms. The Kier molecular flexibility index (Phi) is 10.6. The van der Waals surface area contributed by atoms with E-state index in [2.05, 4.69) is 26.0 Å². The van der Waals surface area contributed by atoms with E-state index in [1.807, 2.05) is 0 Å². The first-order chi connectivity index (χ1) is 8.79. The lowest BCUT2D eigenvalue weighted by Crippen LogP contribution is -2.50. The Morgan fingerprint density at radius 2 is 2.35 bits per heavy atom. The van der Waals surface area contributed by atoms with Gasteiger partial charge in [0.1, 0.15) is 10.6 Å². The lowest BCUT2D eigenvalue weighted by molar-refractivity contribution is -0.0258. The summed E-state index contributed by atoms with van der Waals surface area (Å²) in [4.78, 5) is 0. The van der Waals surface area contributed by atoms with Crippen LogP contribution >= 0.6 is 36.6 Å². The Hall–Kier alpha value is -0.0900. The van der Waals surface area contributed by atoms with Gasteiger partial charge in [-0.3, -0.25) is 0 Å². The highest BCUT2D eigenvalue weighted by atomic mass is 35.5. The summed E-state index contributed by atoms with van der Waals surface area (Å²) in [6.45, 7) is 3.73. The van der Waals surface area contributed by atoms with E-state index in [-0.39, 0.29) is 24.8 Å². The predicted molar refractivity (Wildman–Crippen MR) is 83.1 cm³/mol. The predicted octanol–water partition coefficient (Wildman–Crippen LogP) is -0.319. The summed E-state index contributed by atoms with van der Waals surface area (Å²) in [5.74, 6) is 0.886. The maximum atomic E-state index is 10.3. The lowest BCUT2D eigenvalue weighted by Gasteiger charge is -2.26. The summed E-state index contributed by atoms with van der Waals surface area (Å²) in [5, 5.41) is 27.8. The van der Waals surface area contributed by atoms with Crippen LogP contribution in [-0.4, -0.2) is 71.3 Å². The Morgan fingerprint density at radius 1 is 1.50 bits per heavy atom. The molecule has 0 aliphatic carbocycles. The molecule has 1 aromatic heterocycles. The van der Waals surface area contributed by atoms with E-state index >= 15 is 0 Å². The van der Waals surface area contributed by atoms with E-state index < -0.39 is 5.60 Å². The molecule has 118 valence electrons. The number of hydrogen-bond acceptors (Lipinski definition) is 7. The second-order valence-corrected chi connectivity index (χ2v) is 5.40. The smallest absolute Gasteiger partial charge is 0.138 e. The third-order valence-corrected chi connectivity index (χ3v) is 3.52. The van der Waals surface area contributed by atoms with Crippen molar-refractivity contribution in [3.8, 4) is 0 Å². The van der Waals surface area contributed by atoms with Gasteiger partial charge >= 0.3 is 0 Å². The first-order valence-electron chi connectivity index (χ1n) is 5.99. The first kappa shape index (κ1) is 19.9. The van der Waals surface area contributed by atoms with Crippen LogP contribution in [0.3, 0.4) is 0 Å². The van der Waals surface area contributed by atoms with Gasteiger partial charge in [-0.2, -0.15) is 10.3 Å². The molecule has 0 saturated carbocycles. The molecular formula is C10H21Cl2N5O2S. The van der Waals surface area contributed by atoms with Gasteiger partial charge in [-0.15, -0.1) is 41.7 Å². The summed E-state index contributed by atoms with van der Waals surface area (Å²) in [6.07, 6.45) is 1.70. The summed E-state index contributed by atoms with van der Waals surface area (Å²) in [7, 11) is 0. The number of nitrogens with one attached hydrogen (secondary N) is 3. The van der Waals surface area contributed by atoms with E-state index in [1.54, 1.807) is 18.0 Å².